The van der Waals surface area contributed by atoms with Gasteiger partial charge in [-0.05, 0) is 18.6 Å². The standard InChI is InChI=1S/C10H17NO2S/c1-8(10(12)13)6-11-7-9-4-2-3-5-14-9/h9,11H,1-7H2,(H,12,13). The minimum absolute atomic E-state index is 0.241. The second-order valence-electron chi connectivity index (χ2n) is 3.53. The van der Waals surface area contributed by atoms with Gasteiger partial charge in [-0.25, -0.2) is 4.79 Å². The number of hydrogen-bond acceptors (Lipinski definition) is 3. The molecule has 4 heteroatoms. The number of carbonyl (C=O) groups is 1. The van der Waals surface area contributed by atoms with E-state index in [1.54, 1.807) is 0 Å². The summed E-state index contributed by atoms with van der Waals surface area (Å²) in [6.45, 7) is 4.76. The van der Waals surface area contributed by atoms with Gasteiger partial charge in [0, 0.05) is 23.9 Å². The van der Waals surface area contributed by atoms with E-state index in [1.165, 1.54) is 25.0 Å². The Morgan fingerprint density at radius 3 is 2.93 bits per heavy atom. The van der Waals surface area contributed by atoms with E-state index in [4.69, 9.17) is 5.11 Å². The fourth-order valence-corrected chi connectivity index (χ4v) is 2.70. The van der Waals surface area contributed by atoms with E-state index in [0.717, 1.165) is 6.54 Å². The Morgan fingerprint density at radius 1 is 1.57 bits per heavy atom. The molecule has 1 heterocycles. The van der Waals surface area contributed by atoms with Gasteiger partial charge in [-0.1, -0.05) is 13.0 Å². The van der Waals surface area contributed by atoms with Crippen LogP contribution >= 0.6 is 11.8 Å². The van der Waals surface area contributed by atoms with Crippen molar-refractivity contribution in [3.05, 3.63) is 12.2 Å². The molecule has 0 spiro atoms. The second kappa shape index (κ2) is 6.09. The third-order valence-electron chi connectivity index (χ3n) is 2.29. The van der Waals surface area contributed by atoms with Crippen LogP contribution in [0.1, 0.15) is 19.3 Å². The van der Waals surface area contributed by atoms with Gasteiger partial charge in [-0.3, -0.25) is 0 Å². The quantitative estimate of drug-likeness (QED) is 0.682. The van der Waals surface area contributed by atoms with E-state index >= 15 is 0 Å². The maximum absolute atomic E-state index is 10.4. The van der Waals surface area contributed by atoms with Crippen molar-refractivity contribution in [3.8, 4) is 0 Å². The van der Waals surface area contributed by atoms with Crippen LogP contribution in [-0.2, 0) is 4.79 Å². The number of hydrogen-bond donors (Lipinski definition) is 2. The van der Waals surface area contributed by atoms with Gasteiger partial charge in [-0.2, -0.15) is 11.8 Å². The molecule has 0 aliphatic carbocycles. The normalized spacial score (nSPS) is 21.9. The van der Waals surface area contributed by atoms with Crippen LogP contribution in [0, 0.1) is 0 Å². The van der Waals surface area contributed by atoms with Crippen molar-refractivity contribution in [1.82, 2.24) is 5.32 Å². The molecule has 0 saturated carbocycles. The predicted molar refractivity (Wildman–Crippen MR) is 59.7 cm³/mol. The third kappa shape index (κ3) is 4.15. The Kier molecular flexibility index (Phi) is 5.04. The van der Waals surface area contributed by atoms with Gasteiger partial charge in [0.05, 0.1) is 0 Å². The molecule has 1 unspecified atom stereocenters. The van der Waals surface area contributed by atoms with Crippen LogP contribution in [0.25, 0.3) is 0 Å². The number of carboxylic acid groups (broad SMARTS) is 1. The largest absolute Gasteiger partial charge is 0.478 e. The minimum atomic E-state index is -0.909. The van der Waals surface area contributed by atoms with Crippen LogP contribution in [0.3, 0.4) is 0 Å². The first-order valence-electron chi connectivity index (χ1n) is 4.93. The van der Waals surface area contributed by atoms with Gasteiger partial charge in [0.25, 0.3) is 0 Å². The molecule has 80 valence electrons. The number of carboxylic acids is 1. The lowest BCUT2D eigenvalue weighted by atomic mass is 10.2. The third-order valence-corrected chi connectivity index (χ3v) is 3.68. The lowest BCUT2D eigenvalue weighted by Gasteiger charge is -2.21. The Balaban J connectivity index is 2.08. The summed E-state index contributed by atoms with van der Waals surface area (Å²) in [5.74, 6) is 0.334. The summed E-state index contributed by atoms with van der Waals surface area (Å²) >= 11 is 1.98. The molecule has 1 atom stereocenters. The number of nitrogens with one attached hydrogen (secondary N) is 1. The summed E-state index contributed by atoms with van der Waals surface area (Å²) in [6.07, 6.45) is 3.87. The molecule has 1 aliphatic heterocycles. The van der Waals surface area contributed by atoms with Crippen molar-refractivity contribution in [1.29, 1.82) is 0 Å². The topological polar surface area (TPSA) is 49.3 Å². The molecule has 1 aliphatic rings. The molecule has 14 heavy (non-hydrogen) atoms. The summed E-state index contributed by atoms with van der Waals surface area (Å²) in [5, 5.41) is 12.4. The zero-order valence-corrected chi connectivity index (χ0v) is 9.11. The SMILES string of the molecule is C=C(CNCC1CCCCS1)C(=O)O. The van der Waals surface area contributed by atoms with Crippen LogP contribution in [0.5, 0.6) is 0 Å². The van der Waals surface area contributed by atoms with E-state index in [-0.39, 0.29) is 5.57 Å². The summed E-state index contributed by atoms with van der Waals surface area (Å²) < 4.78 is 0. The van der Waals surface area contributed by atoms with Crippen molar-refractivity contribution in [2.45, 2.75) is 24.5 Å². The molecule has 0 bridgehead atoms. The smallest absolute Gasteiger partial charge is 0.332 e. The second-order valence-corrected chi connectivity index (χ2v) is 4.94. The van der Waals surface area contributed by atoms with Crippen LogP contribution in [0.2, 0.25) is 0 Å². The first kappa shape index (κ1) is 11.6. The number of aliphatic carboxylic acids is 1. The molecule has 0 radical (unpaired) electrons. The average Bonchev–Trinajstić information content (AvgIpc) is 2.19. The van der Waals surface area contributed by atoms with E-state index in [9.17, 15) is 4.79 Å². The van der Waals surface area contributed by atoms with E-state index in [1.807, 2.05) is 11.8 Å². The lowest BCUT2D eigenvalue weighted by molar-refractivity contribution is -0.132. The summed E-state index contributed by atoms with van der Waals surface area (Å²) in [6, 6.07) is 0. The van der Waals surface area contributed by atoms with Crippen molar-refractivity contribution >= 4 is 17.7 Å². The Morgan fingerprint density at radius 2 is 2.36 bits per heavy atom. The highest BCUT2D eigenvalue weighted by Crippen LogP contribution is 2.24. The van der Waals surface area contributed by atoms with Gasteiger partial charge >= 0.3 is 5.97 Å². The number of rotatable bonds is 5. The maximum atomic E-state index is 10.4. The first-order valence-corrected chi connectivity index (χ1v) is 5.98. The predicted octanol–water partition coefficient (Wildman–Crippen LogP) is 1.50. The van der Waals surface area contributed by atoms with Crippen LogP contribution in [0.4, 0.5) is 0 Å². The Labute approximate surface area is 89.0 Å². The molecule has 1 rings (SSSR count). The van der Waals surface area contributed by atoms with Crippen molar-refractivity contribution in [3.63, 3.8) is 0 Å². The first-order chi connectivity index (χ1) is 6.70. The minimum Gasteiger partial charge on any atom is -0.478 e. The van der Waals surface area contributed by atoms with Crippen LogP contribution < -0.4 is 5.32 Å². The lowest BCUT2D eigenvalue weighted by Crippen LogP contribution is -2.29. The van der Waals surface area contributed by atoms with Crippen LogP contribution in [0.15, 0.2) is 12.2 Å². The zero-order chi connectivity index (χ0) is 10.4. The molecule has 2 N–H and O–H groups in total. The number of thioether (sulfide) groups is 1. The summed E-state index contributed by atoms with van der Waals surface area (Å²) in [7, 11) is 0. The molecule has 0 amide bonds. The fourth-order valence-electron chi connectivity index (χ4n) is 1.43. The highest BCUT2D eigenvalue weighted by molar-refractivity contribution is 7.99. The van der Waals surface area contributed by atoms with Crippen LogP contribution in [-0.4, -0.2) is 35.2 Å². The highest BCUT2D eigenvalue weighted by Gasteiger charge is 2.13. The molecule has 3 nitrogen and oxygen atoms in total. The van der Waals surface area contributed by atoms with Crippen molar-refractivity contribution < 1.29 is 9.90 Å². The molecule has 0 aromatic carbocycles. The zero-order valence-electron chi connectivity index (χ0n) is 8.29. The maximum Gasteiger partial charge on any atom is 0.332 e. The van der Waals surface area contributed by atoms with Crippen molar-refractivity contribution in [2.75, 3.05) is 18.8 Å². The van der Waals surface area contributed by atoms with Gasteiger partial charge in [0.15, 0.2) is 0 Å². The molecule has 0 aromatic rings. The summed E-state index contributed by atoms with van der Waals surface area (Å²) in [4.78, 5) is 10.4. The van der Waals surface area contributed by atoms with E-state index in [2.05, 4.69) is 11.9 Å². The Hall–Kier alpha value is -0.480. The summed E-state index contributed by atoms with van der Waals surface area (Å²) in [5.41, 5.74) is 0.241. The highest BCUT2D eigenvalue weighted by atomic mass is 32.2. The Bertz CT molecular complexity index is 212. The monoisotopic (exact) mass is 215 g/mol. The van der Waals surface area contributed by atoms with Crippen molar-refractivity contribution in [2.24, 2.45) is 0 Å². The molecule has 0 aromatic heterocycles. The van der Waals surface area contributed by atoms with E-state index < -0.39 is 5.97 Å². The van der Waals surface area contributed by atoms with Gasteiger partial charge in [0.1, 0.15) is 0 Å². The molecule has 1 fully saturated rings. The van der Waals surface area contributed by atoms with E-state index in [0.29, 0.717) is 11.8 Å². The van der Waals surface area contributed by atoms with Gasteiger partial charge < -0.3 is 10.4 Å². The molecular formula is C10H17NO2S. The molecular weight excluding hydrogens is 198 g/mol. The molecule has 1 saturated heterocycles. The average molecular weight is 215 g/mol. The van der Waals surface area contributed by atoms with Gasteiger partial charge in [0.2, 0.25) is 0 Å². The van der Waals surface area contributed by atoms with Gasteiger partial charge in [-0.15, -0.1) is 0 Å². The fraction of sp³-hybridized carbons (Fsp3) is 0.700.